The Kier molecular flexibility index (Phi) is 7.91. The largest absolute Gasteiger partial charge is 0.497 e. The quantitative estimate of drug-likeness (QED) is 0.711. The number of amides is 2. The Balaban J connectivity index is 2.13. The third kappa shape index (κ3) is 5.35. The molecule has 1 aliphatic heterocycles. The highest BCUT2D eigenvalue weighted by Gasteiger charge is 2.32. The maximum Gasteiger partial charge on any atom is 0.237 e. The summed E-state index contributed by atoms with van der Waals surface area (Å²) in [6, 6.07) is 5.64. The van der Waals surface area contributed by atoms with Crippen LogP contribution < -0.4 is 14.8 Å². The van der Waals surface area contributed by atoms with Gasteiger partial charge < -0.3 is 19.7 Å². The van der Waals surface area contributed by atoms with Crippen LogP contribution in [-0.4, -0.2) is 68.6 Å². The standard InChI is InChI=1S/C20H31N3O4/c1-5-21-19(24)13-22(6-2)14-20(25)23-11-7-8-17(23)16-12-15(26-3)9-10-18(16)27-4/h9-10,12,17H,5-8,11,13-14H2,1-4H3,(H,21,24)/t17-/m0/s1. The number of carbonyl (C=O) groups is 2. The molecule has 0 saturated carbocycles. The highest BCUT2D eigenvalue weighted by Crippen LogP contribution is 2.38. The Morgan fingerprint density at radius 2 is 2.00 bits per heavy atom. The Morgan fingerprint density at radius 1 is 1.22 bits per heavy atom. The van der Waals surface area contributed by atoms with Crippen LogP contribution in [0.2, 0.25) is 0 Å². The predicted octanol–water partition coefficient (Wildman–Crippen LogP) is 1.83. The predicted molar refractivity (Wildman–Crippen MR) is 104 cm³/mol. The zero-order chi connectivity index (χ0) is 19.8. The lowest BCUT2D eigenvalue weighted by atomic mass is 10.0. The van der Waals surface area contributed by atoms with Crippen molar-refractivity contribution < 1.29 is 19.1 Å². The number of likely N-dealkylation sites (tertiary alicyclic amines) is 1. The lowest BCUT2D eigenvalue weighted by Crippen LogP contribution is -2.44. The smallest absolute Gasteiger partial charge is 0.237 e. The summed E-state index contributed by atoms with van der Waals surface area (Å²) in [5.41, 5.74) is 0.967. The lowest BCUT2D eigenvalue weighted by Gasteiger charge is -2.29. The molecule has 1 heterocycles. The zero-order valence-electron chi connectivity index (χ0n) is 16.8. The van der Waals surface area contributed by atoms with Crippen molar-refractivity contribution >= 4 is 11.8 Å². The van der Waals surface area contributed by atoms with Crippen LogP contribution in [0.25, 0.3) is 0 Å². The van der Waals surface area contributed by atoms with Gasteiger partial charge in [-0.2, -0.15) is 0 Å². The number of hydrogen-bond donors (Lipinski definition) is 1. The molecular weight excluding hydrogens is 346 g/mol. The van der Waals surface area contributed by atoms with E-state index in [0.717, 1.165) is 29.9 Å². The molecule has 7 nitrogen and oxygen atoms in total. The van der Waals surface area contributed by atoms with Gasteiger partial charge in [0.25, 0.3) is 0 Å². The first-order chi connectivity index (χ1) is 13.0. The van der Waals surface area contributed by atoms with E-state index in [2.05, 4.69) is 5.32 Å². The van der Waals surface area contributed by atoms with Crippen molar-refractivity contribution in [1.29, 1.82) is 0 Å². The number of benzene rings is 1. The molecule has 1 N–H and O–H groups in total. The SMILES string of the molecule is CCNC(=O)CN(CC)CC(=O)N1CCC[C@H]1c1cc(OC)ccc1OC. The number of nitrogens with one attached hydrogen (secondary N) is 1. The number of methoxy groups -OCH3 is 2. The van der Waals surface area contributed by atoms with E-state index in [1.165, 1.54) is 0 Å². The lowest BCUT2D eigenvalue weighted by molar-refractivity contribution is -0.134. The van der Waals surface area contributed by atoms with Gasteiger partial charge in [-0.1, -0.05) is 6.92 Å². The summed E-state index contributed by atoms with van der Waals surface area (Å²) in [5, 5.41) is 2.78. The van der Waals surface area contributed by atoms with Crippen molar-refractivity contribution in [2.24, 2.45) is 0 Å². The first kappa shape index (κ1) is 21.0. The topological polar surface area (TPSA) is 71.1 Å². The molecule has 0 aliphatic carbocycles. The van der Waals surface area contributed by atoms with Gasteiger partial charge in [0.2, 0.25) is 11.8 Å². The van der Waals surface area contributed by atoms with Gasteiger partial charge in [0, 0.05) is 18.7 Å². The molecule has 2 amide bonds. The van der Waals surface area contributed by atoms with Gasteiger partial charge in [0.15, 0.2) is 0 Å². The normalized spacial score (nSPS) is 16.5. The molecule has 1 aliphatic rings. The van der Waals surface area contributed by atoms with Crippen molar-refractivity contribution in [2.45, 2.75) is 32.7 Å². The second-order valence-electron chi connectivity index (χ2n) is 6.61. The second kappa shape index (κ2) is 10.2. The van der Waals surface area contributed by atoms with E-state index in [1.807, 2.05) is 41.8 Å². The van der Waals surface area contributed by atoms with E-state index in [4.69, 9.17) is 9.47 Å². The fourth-order valence-electron chi connectivity index (χ4n) is 3.51. The molecule has 1 aromatic rings. The Hall–Kier alpha value is -2.28. The molecule has 0 spiro atoms. The molecule has 1 saturated heterocycles. The average molecular weight is 377 g/mol. The molecule has 7 heteroatoms. The average Bonchev–Trinajstić information content (AvgIpc) is 3.16. The third-order valence-corrected chi connectivity index (χ3v) is 4.92. The van der Waals surface area contributed by atoms with Crippen molar-refractivity contribution in [3.63, 3.8) is 0 Å². The zero-order valence-corrected chi connectivity index (χ0v) is 16.8. The highest BCUT2D eigenvalue weighted by molar-refractivity contribution is 5.81. The summed E-state index contributed by atoms with van der Waals surface area (Å²) in [7, 11) is 3.27. The van der Waals surface area contributed by atoms with Crippen molar-refractivity contribution in [3.8, 4) is 11.5 Å². The molecule has 27 heavy (non-hydrogen) atoms. The summed E-state index contributed by atoms with van der Waals surface area (Å²) in [6.45, 7) is 6.25. The monoisotopic (exact) mass is 377 g/mol. The first-order valence-corrected chi connectivity index (χ1v) is 9.54. The fourth-order valence-corrected chi connectivity index (χ4v) is 3.51. The van der Waals surface area contributed by atoms with Crippen LogP contribution in [0, 0.1) is 0 Å². The molecule has 0 radical (unpaired) electrons. The molecule has 0 bridgehead atoms. The third-order valence-electron chi connectivity index (χ3n) is 4.92. The van der Waals surface area contributed by atoms with Gasteiger partial charge in [-0.05, 0) is 44.5 Å². The maximum absolute atomic E-state index is 13.0. The van der Waals surface area contributed by atoms with Gasteiger partial charge in [0.1, 0.15) is 11.5 Å². The van der Waals surface area contributed by atoms with E-state index in [9.17, 15) is 9.59 Å². The molecule has 1 fully saturated rings. The molecule has 2 rings (SSSR count). The number of likely N-dealkylation sites (N-methyl/N-ethyl adjacent to an activating group) is 2. The molecule has 1 aromatic carbocycles. The minimum atomic E-state index is -0.0559. The van der Waals surface area contributed by atoms with Crippen molar-refractivity contribution in [2.75, 3.05) is 46.9 Å². The number of carbonyl (C=O) groups excluding carboxylic acids is 2. The van der Waals surface area contributed by atoms with Gasteiger partial charge in [-0.15, -0.1) is 0 Å². The van der Waals surface area contributed by atoms with Crippen LogP contribution in [0.1, 0.15) is 38.3 Å². The maximum atomic E-state index is 13.0. The van der Waals surface area contributed by atoms with Crippen LogP contribution in [-0.2, 0) is 9.59 Å². The fraction of sp³-hybridized carbons (Fsp3) is 0.600. The summed E-state index contributed by atoms with van der Waals surface area (Å²) in [6.07, 6.45) is 1.83. The molecule has 0 aromatic heterocycles. The Labute approximate surface area is 161 Å². The first-order valence-electron chi connectivity index (χ1n) is 9.54. The van der Waals surface area contributed by atoms with Crippen LogP contribution in [0.3, 0.4) is 0 Å². The number of ether oxygens (including phenoxy) is 2. The van der Waals surface area contributed by atoms with Gasteiger partial charge >= 0.3 is 0 Å². The summed E-state index contributed by atoms with van der Waals surface area (Å²) >= 11 is 0. The molecule has 1 atom stereocenters. The second-order valence-corrected chi connectivity index (χ2v) is 6.61. The Bertz CT molecular complexity index is 650. The van der Waals surface area contributed by atoms with Crippen LogP contribution in [0.4, 0.5) is 0 Å². The van der Waals surface area contributed by atoms with E-state index >= 15 is 0 Å². The summed E-state index contributed by atoms with van der Waals surface area (Å²) in [4.78, 5) is 28.6. The van der Waals surface area contributed by atoms with Crippen molar-refractivity contribution in [3.05, 3.63) is 23.8 Å². The van der Waals surface area contributed by atoms with E-state index in [0.29, 0.717) is 19.6 Å². The molecule has 150 valence electrons. The summed E-state index contributed by atoms with van der Waals surface area (Å²) < 4.78 is 10.9. The van der Waals surface area contributed by atoms with E-state index < -0.39 is 0 Å². The highest BCUT2D eigenvalue weighted by atomic mass is 16.5. The van der Waals surface area contributed by atoms with Crippen LogP contribution >= 0.6 is 0 Å². The Morgan fingerprint density at radius 3 is 2.63 bits per heavy atom. The molecule has 0 unspecified atom stereocenters. The van der Waals surface area contributed by atoms with Gasteiger partial charge in [0.05, 0.1) is 33.4 Å². The number of hydrogen-bond acceptors (Lipinski definition) is 5. The number of rotatable bonds is 9. The minimum Gasteiger partial charge on any atom is -0.497 e. The van der Waals surface area contributed by atoms with Gasteiger partial charge in [-0.3, -0.25) is 14.5 Å². The van der Waals surface area contributed by atoms with E-state index in [1.54, 1.807) is 14.2 Å². The van der Waals surface area contributed by atoms with Gasteiger partial charge in [-0.25, -0.2) is 0 Å². The van der Waals surface area contributed by atoms with Crippen LogP contribution in [0.15, 0.2) is 18.2 Å². The van der Waals surface area contributed by atoms with E-state index in [-0.39, 0.29) is 30.9 Å². The minimum absolute atomic E-state index is 0.0357. The van der Waals surface area contributed by atoms with Crippen LogP contribution in [0.5, 0.6) is 11.5 Å². The summed E-state index contributed by atoms with van der Waals surface area (Å²) in [5.74, 6) is 1.49. The number of nitrogens with zero attached hydrogens (tertiary/aromatic N) is 2. The van der Waals surface area contributed by atoms with Crippen molar-refractivity contribution in [1.82, 2.24) is 15.1 Å². The molecular formula is C20H31N3O4.